The fourth-order valence-corrected chi connectivity index (χ4v) is 2.81. The minimum Gasteiger partial charge on any atom is -0.484 e. The molecule has 20 heavy (non-hydrogen) atoms. The average molecular weight is 344 g/mol. The van der Waals surface area contributed by atoms with Gasteiger partial charge >= 0.3 is 0 Å². The molecule has 0 amide bonds. The van der Waals surface area contributed by atoms with Gasteiger partial charge in [0.15, 0.2) is 11.6 Å². The molecule has 4 heteroatoms. The number of hydrogen-bond acceptors (Lipinski definition) is 2. The van der Waals surface area contributed by atoms with Crippen molar-refractivity contribution in [2.45, 2.75) is 45.1 Å². The normalized spacial score (nSPS) is 17.1. The third-order valence-corrected chi connectivity index (χ3v) is 4.29. The lowest BCUT2D eigenvalue weighted by Crippen LogP contribution is -2.45. The molecule has 0 heterocycles. The van der Waals surface area contributed by atoms with Crippen molar-refractivity contribution in [3.05, 3.63) is 28.5 Å². The van der Waals surface area contributed by atoms with E-state index in [2.05, 4.69) is 35.1 Å². The summed E-state index contributed by atoms with van der Waals surface area (Å²) in [4.78, 5) is 0. The molecule has 1 fully saturated rings. The van der Waals surface area contributed by atoms with Crippen molar-refractivity contribution >= 4 is 15.9 Å². The van der Waals surface area contributed by atoms with Gasteiger partial charge < -0.3 is 10.1 Å². The zero-order chi connectivity index (χ0) is 14.6. The predicted octanol–water partition coefficient (Wildman–Crippen LogP) is 4.53. The summed E-state index contributed by atoms with van der Waals surface area (Å²) in [6.45, 7) is 6.33. The summed E-state index contributed by atoms with van der Waals surface area (Å²) in [6.07, 6.45) is 4.15. The number of halogens is 2. The maximum Gasteiger partial charge on any atom is 0.166 e. The van der Waals surface area contributed by atoms with E-state index in [4.69, 9.17) is 4.74 Å². The van der Waals surface area contributed by atoms with Crippen molar-refractivity contribution in [1.29, 1.82) is 0 Å². The monoisotopic (exact) mass is 343 g/mol. The van der Waals surface area contributed by atoms with Gasteiger partial charge in [-0.3, -0.25) is 0 Å². The lowest BCUT2D eigenvalue weighted by molar-refractivity contribution is -0.0172. The molecule has 0 aromatic heterocycles. The molecule has 1 saturated carbocycles. The summed E-state index contributed by atoms with van der Waals surface area (Å²) >= 11 is 3.27. The summed E-state index contributed by atoms with van der Waals surface area (Å²) in [5.41, 5.74) is -0.168. The Labute approximate surface area is 129 Å². The van der Waals surface area contributed by atoms with Crippen LogP contribution in [-0.2, 0) is 0 Å². The first-order valence-corrected chi connectivity index (χ1v) is 8.15. The second-order valence-electron chi connectivity index (χ2n) is 6.06. The van der Waals surface area contributed by atoms with Gasteiger partial charge in [-0.2, -0.15) is 0 Å². The molecular formula is C16H23BrFNO. The minimum atomic E-state index is -0.291. The molecule has 1 aliphatic carbocycles. The van der Waals surface area contributed by atoms with E-state index in [9.17, 15) is 4.39 Å². The average Bonchev–Trinajstić information content (AvgIpc) is 2.33. The van der Waals surface area contributed by atoms with Gasteiger partial charge in [0, 0.05) is 4.47 Å². The van der Waals surface area contributed by atoms with Crippen LogP contribution in [0.15, 0.2) is 22.7 Å². The Hall–Kier alpha value is -0.610. The summed E-state index contributed by atoms with van der Waals surface area (Å²) in [6, 6.07) is 4.99. The lowest BCUT2D eigenvalue weighted by Gasteiger charge is -2.42. The Bertz CT molecular complexity index is 446. The van der Waals surface area contributed by atoms with E-state index in [1.165, 1.54) is 12.5 Å². The van der Waals surface area contributed by atoms with Crippen molar-refractivity contribution in [1.82, 2.24) is 5.32 Å². The molecule has 2 nitrogen and oxygen atoms in total. The van der Waals surface area contributed by atoms with Crippen LogP contribution < -0.4 is 10.1 Å². The molecule has 0 radical (unpaired) electrons. The molecule has 0 saturated heterocycles. The minimum absolute atomic E-state index is 0.168. The molecule has 112 valence electrons. The Morgan fingerprint density at radius 2 is 2.15 bits per heavy atom. The highest BCUT2D eigenvalue weighted by atomic mass is 79.9. The molecule has 2 rings (SSSR count). The summed E-state index contributed by atoms with van der Waals surface area (Å²) in [7, 11) is 0. The van der Waals surface area contributed by atoms with Gasteiger partial charge in [0.05, 0.1) is 0 Å². The lowest BCUT2D eigenvalue weighted by atomic mass is 9.77. The number of ether oxygens (including phenoxy) is 1. The van der Waals surface area contributed by atoms with Gasteiger partial charge in [-0.05, 0) is 62.9 Å². The number of nitrogens with one attached hydrogen (secondary N) is 1. The zero-order valence-corrected chi connectivity index (χ0v) is 13.8. The summed E-state index contributed by atoms with van der Waals surface area (Å²) in [5.74, 6) is 0.731. The van der Waals surface area contributed by atoms with Gasteiger partial charge in [-0.15, -0.1) is 0 Å². The summed E-state index contributed by atoms with van der Waals surface area (Å²) in [5, 5.41) is 3.44. The van der Waals surface area contributed by atoms with E-state index in [1.54, 1.807) is 6.07 Å². The van der Waals surface area contributed by atoms with Crippen LogP contribution in [0, 0.1) is 11.7 Å². The first kappa shape index (κ1) is 15.8. The van der Waals surface area contributed by atoms with E-state index < -0.39 is 0 Å². The van der Waals surface area contributed by atoms with E-state index in [0.717, 1.165) is 36.8 Å². The highest BCUT2D eigenvalue weighted by molar-refractivity contribution is 9.10. The molecular weight excluding hydrogens is 321 g/mol. The maximum atomic E-state index is 13.9. The third-order valence-electron chi connectivity index (χ3n) is 3.80. The van der Waals surface area contributed by atoms with Crippen LogP contribution in [0.1, 0.15) is 39.5 Å². The standard InChI is InChI=1S/C16H23BrFNO/c1-12(2)11-19-9-8-16(6-3-7-16)20-15-5-4-13(17)10-14(15)18/h4-5,10,12,19H,3,6-9,11H2,1-2H3. The highest BCUT2D eigenvalue weighted by Crippen LogP contribution is 2.40. The predicted molar refractivity (Wildman–Crippen MR) is 83.6 cm³/mol. The van der Waals surface area contributed by atoms with Crippen LogP contribution in [0.25, 0.3) is 0 Å². The van der Waals surface area contributed by atoms with Gasteiger partial charge in [0.1, 0.15) is 5.60 Å². The molecule has 0 unspecified atom stereocenters. The van der Waals surface area contributed by atoms with E-state index in [0.29, 0.717) is 11.7 Å². The number of hydrogen-bond donors (Lipinski definition) is 1. The highest BCUT2D eigenvalue weighted by Gasteiger charge is 2.39. The zero-order valence-electron chi connectivity index (χ0n) is 12.2. The second kappa shape index (κ2) is 6.90. The molecule has 1 aromatic carbocycles. The molecule has 1 aromatic rings. The van der Waals surface area contributed by atoms with E-state index >= 15 is 0 Å². The van der Waals surface area contributed by atoms with Crippen molar-refractivity contribution in [2.75, 3.05) is 13.1 Å². The molecule has 1 aliphatic rings. The SMILES string of the molecule is CC(C)CNCCC1(Oc2ccc(Br)cc2F)CCC1. The first-order chi connectivity index (χ1) is 9.51. The quantitative estimate of drug-likeness (QED) is 0.734. The van der Waals surface area contributed by atoms with Crippen molar-refractivity contribution < 1.29 is 9.13 Å². The molecule has 1 N–H and O–H groups in total. The largest absolute Gasteiger partial charge is 0.484 e. The van der Waals surface area contributed by atoms with Gasteiger partial charge in [0.2, 0.25) is 0 Å². The molecule has 0 spiro atoms. The Kier molecular flexibility index (Phi) is 5.44. The fraction of sp³-hybridized carbons (Fsp3) is 0.625. The van der Waals surface area contributed by atoms with E-state index in [-0.39, 0.29) is 11.4 Å². The van der Waals surface area contributed by atoms with Crippen LogP contribution >= 0.6 is 15.9 Å². The van der Waals surface area contributed by atoms with E-state index in [1.807, 2.05) is 6.07 Å². The molecule has 0 aliphatic heterocycles. The fourth-order valence-electron chi connectivity index (χ4n) is 2.47. The van der Waals surface area contributed by atoms with Crippen molar-refractivity contribution in [3.8, 4) is 5.75 Å². The van der Waals surface area contributed by atoms with Crippen LogP contribution in [-0.4, -0.2) is 18.7 Å². The Balaban J connectivity index is 1.90. The van der Waals surface area contributed by atoms with Gasteiger partial charge in [-0.25, -0.2) is 4.39 Å². The van der Waals surface area contributed by atoms with Crippen LogP contribution in [0.2, 0.25) is 0 Å². The maximum absolute atomic E-state index is 13.9. The number of benzene rings is 1. The summed E-state index contributed by atoms with van der Waals surface area (Å²) < 4.78 is 20.6. The van der Waals surface area contributed by atoms with Crippen molar-refractivity contribution in [2.24, 2.45) is 5.92 Å². The van der Waals surface area contributed by atoms with Crippen LogP contribution in [0.4, 0.5) is 4.39 Å². The van der Waals surface area contributed by atoms with Gasteiger partial charge in [-0.1, -0.05) is 29.8 Å². The van der Waals surface area contributed by atoms with Crippen LogP contribution in [0.3, 0.4) is 0 Å². The first-order valence-electron chi connectivity index (χ1n) is 7.35. The second-order valence-corrected chi connectivity index (χ2v) is 6.98. The molecule has 0 atom stereocenters. The smallest absolute Gasteiger partial charge is 0.166 e. The van der Waals surface area contributed by atoms with Gasteiger partial charge in [0.25, 0.3) is 0 Å². The Morgan fingerprint density at radius 1 is 1.40 bits per heavy atom. The van der Waals surface area contributed by atoms with Crippen molar-refractivity contribution in [3.63, 3.8) is 0 Å². The number of rotatable bonds is 7. The topological polar surface area (TPSA) is 21.3 Å². The third kappa shape index (κ3) is 4.19. The molecule has 0 bridgehead atoms. The van der Waals surface area contributed by atoms with Crippen LogP contribution in [0.5, 0.6) is 5.75 Å². The Morgan fingerprint density at radius 3 is 2.70 bits per heavy atom.